The molecule has 1 fully saturated rings. The minimum absolute atomic E-state index is 0.0525. The highest BCUT2D eigenvalue weighted by Crippen LogP contribution is 2.23. The molecule has 0 aliphatic heterocycles. The van der Waals surface area contributed by atoms with Crippen LogP contribution in [-0.4, -0.2) is 17.4 Å². The molecule has 2 rings (SSSR count). The number of carbonyl (C=O) groups is 1. The van der Waals surface area contributed by atoms with Crippen molar-refractivity contribution in [2.75, 3.05) is 6.61 Å². The molecule has 0 radical (unpaired) electrons. The molecule has 18 heavy (non-hydrogen) atoms. The summed E-state index contributed by atoms with van der Waals surface area (Å²) < 4.78 is 5.73. The lowest BCUT2D eigenvalue weighted by Gasteiger charge is -2.14. The predicted molar refractivity (Wildman–Crippen MR) is 70.9 cm³/mol. The summed E-state index contributed by atoms with van der Waals surface area (Å²) in [6.07, 6.45) is 9.49. The zero-order valence-corrected chi connectivity index (χ0v) is 11.0. The van der Waals surface area contributed by atoms with Crippen molar-refractivity contribution in [2.45, 2.75) is 45.4 Å². The number of rotatable bonds is 4. The fraction of sp³-hybridized carbons (Fsp3) is 0.600. The quantitative estimate of drug-likeness (QED) is 0.602. The molecule has 0 N–H and O–H groups in total. The largest absolute Gasteiger partial charge is 0.477 e. The number of nitrogens with zero attached hydrogens (tertiary/aromatic N) is 1. The summed E-state index contributed by atoms with van der Waals surface area (Å²) in [5, 5.41) is 0. The van der Waals surface area contributed by atoms with Gasteiger partial charge in [0.05, 0.1) is 6.61 Å². The predicted octanol–water partition coefficient (Wildman–Crippen LogP) is 3.63. The molecule has 0 spiro atoms. The Labute approximate surface area is 109 Å². The van der Waals surface area contributed by atoms with Crippen molar-refractivity contribution in [1.29, 1.82) is 0 Å². The first-order chi connectivity index (χ1) is 8.75. The molecule has 0 amide bonds. The number of ketones is 1. The Morgan fingerprint density at radius 2 is 2.06 bits per heavy atom. The summed E-state index contributed by atoms with van der Waals surface area (Å²) in [5.41, 5.74) is 0.667. The molecule has 98 valence electrons. The average Bonchev–Trinajstić information content (AvgIpc) is 2.65. The first-order valence-electron chi connectivity index (χ1n) is 6.85. The highest BCUT2D eigenvalue weighted by molar-refractivity contribution is 5.94. The molecule has 1 heterocycles. The minimum Gasteiger partial charge on any atom is -0.477 e. The molecule has 0 saturated heterocycles. The lowest BCUT2D eigenvalue weighted by molar-refractivity contribution is 0.101. The lowest BCUT2D eigenvalue weighted by Crippen LogP contribution is -2.12. The summed E-state index contributed by atoms with van der Waals surface area (Å²) >= 11 is 0. The molecule has 1 saturated carbocycles. The first-order valence-corrected chi connectivity index (χ1v) is 6.85. The van der Waals surface area contributed by atoms with Crippen molar-refractivity contribution < 1.29 is 9.53 Å². The van der Waals surface area contributed by atoms with Gasteiger partial charge in [-0.1, -0.05) is 25.7 Å². The number of aromatic nitrogens is 1. The molecule has 0 bridgehead atoms. The van der Waals surface area contributed by atoms with Gasteiger partial charge in [0.25, 0.3) is 0 Å². The van der Waals surface area contributed by atoms with Crippen molar-refractivity contribution in [2.24, 2.45) is 5.92 Å². The average molecular weight is 247 g/mol. The van der Waals surface area contributed by atoms with Gasteiger partial charge in [0.15, 0.2) is 5.78 Å². The van der Waals surface area contributed by atoms with Crippen LogP contribution in [0.2, 0.25) is 0 Å². The molecule has 1 aromatic heterocycles. The van der Waals surface area contributed by atoms with Crippen LogP contribution in [0.1, 0.15) is 55.8 Å². The summed E-state index contributed by atoms with van der Waals surface area (Å²) in [6, 6.07) is 3.46. The fourth-order valence-electron chi connectivity index (χ4n) is 2.44. The second kappa shape index (κ2) is 6.53. The van der Waals surface area contributed by atoms with Crippen LogP contribution < -0.4 is 4.74 Å². The van der Waals surface area contributed by atoms with Gasteiger partial charge in [0, 0.05) is 17.8 Å². The molecule has 1 aliphatic carbocycles. The van der Waals surface area contributed by atoms with Crippen LogP contribution in [0.25, 0.3) is 0 Å². The van der Waals surface area contributed by atoms with E-state index in [0.29, 0.717) is 17.4 Å². The summed E-state index contributed by atoms with van der Waals surface area (Å²) in [5.74, 6) is 1.28. The van der Waals surface area contributed by atoms with E-state index < -0.39 is 0 Å². The SMILES string of the molecule is CC(=O)c1ccnc(OCC2CCCCCC2)c1. The Hall–Kier alpha value is -1.38. The van der Waals surface area contributed by atoms with Crippen LogP contribution >= 0.6 is 0 Å². The zero-order chi connectivity index (χ0) is 12.8. The maximum Gasteiger partial charge on any atom is 0.213 e. The minimum atomic E-state index is 0.0525. The maximum atomic E-state index is 11.3. The fourth-order valence-corrected chi connectivity index (χ4v) is 2.44. The van der Waals surface area contributed by atoms with Crippen LogP contribution in [0.3, 0.4) is 0 Å². The smallest absolute Gasteiger partial charge is 0.213 e. The lowest BCUT2D eigenvalue weighted by atomic mass is 10.0. The van der Waals surface area contributed by atoms with E-state index in [-0.39, 0.29) is 5.78 Å². The van der Waals surface area contributed by atoms with Crippen molar-refractivity contribution in [3.63, 3.8) is 0 Å². The summed E-state index contributed by atoms with van der Waals surface area (Å²) in [6.45, 7) is 2.29. The summed E-state index contributed by atoms with van der Waals surface area (Å²) in [4.78, 5) is 15.4. The van der Waals surface area contributed by atoms with Crippen molar-refractivity contribution in [3.8, 4) is 5.88 Å². The Kier molecular flexibility index (Phi) is 4.73. The normalized spacial score (nSPS) is 17.2. The van der Waals surface area contributed by atoms with Gasteiger partial charge in [0.2, 0.25) is 5.88 Å². The summed E-state index contributed by atoms with van der Waals surface area (Å²) in [7, 11) is 0. The second-order valence-electron chi connectivity index (χ2n) is 5.11. The third-order valence-electron chi connectivity index (χ3n) is 3.58. The van der Waals surface area contributed by atoms with E-state index in [1.165, 1.54) is 38.5 Å². The Balaban J connectivity index is 1.88. The maximum absolute atomic E-state index is 11.3. The standard InChI is InChI=1S/C15H21NO2/c1-12(17)14-8-9-16-15(10-14)18-11-13-6-4-2-3-5-7-13/h8-10,13H,2-7,11H2,1H3. The Morgan fingerprint density at radius 3 is 2.72 bits per heavy atom. The van der Waals surface area contributed by atoms with Gasteiger partial charge in [-0.15, -0.1) is 0 Å². The van der Waals surface area contributed by atoms with Gasteiger partial charge < -0.3 is 4.74 Å². The molecule has 0 aromatic carbocycles. The van der Waals surface area contributed by atoms with Crippen LogP contribution in [0.15, 0.2) is 18.3 Å². The van der Waals surface area contributed by atoms with Gasteiger partial charge in [0.1, 0.15) is 0 Å². The van der Waals surface area contributed by atoms with Gasteiger partial charge in [-0.2, -0.15) is 0 Å². The second-order valence-corrected chi connectivity index (χ2v) is 5.11. The molecular formula is C15H21NO2. The number of hydrogen-bond acceptors (Lipinski definition) is 3. The van der Waals surface area contributed by atoms with Crippen LogP contribution in [0.4, 0.5) is 0 Å². The van der Waals surface area contributed by atoms with Gasteiger partial charge in [-0.3, -0.25) is 4.79 Å². The third-order valence-corrected chi connectivity index (χ3v) is 3.58. The van der Waals surface area contributed by atoms with E-state index in [4.69, 9.17) is 4.74 Å². The monoisotopic (exact) mass is 247 g/mol. The number of Topliss-reactive ketones (excluding diaryl/α,β-unsaturated/α-hetero) is 1. The molecule has 0 atom stereocenters. The first kappa shape index (κ1) is 13.1. The number of ether oxygens (including phenoxy) is 1. The van der Waals surface area contributed by atoms with Crippen LogP contribution in [0, 0.1) is 5.92 Å². The zero-order valence-electron chi connectivity index (χ0n) is 11.0. The Morgan fingerprint density at radius 1 is 1.33 bits per heavy atom. The highest BCUT2D eigenvalue weighted by atomic mass is 16.5. The van der Waals surface area contributed by atoms with E-state index >= 15 is 0 Å². The van der Waals surface area contributed by atoms with Crippen LogP contribution in [-0.2, 0) is 0 Å². The van der Waals surface area contributed by atoms with Crippen molar-refractivity contribution in [1.82, 2.24) is 4.98 Å². The van der Waals surface area contributed by atoms with Crippen molar-refractivity contribution in [3.05, 3.63) is 23.9 Å². The van der Waals surface area contributed by atoms with Crippen LogP contribution in [0.5, 0.6) is 5.88 Å². The van der Waals surface area contributed by atoms with Gasteiger partial charge in [-0.05, 0) is 31.7 Å². The Bertz CT molecular complexity index is 395. The molecule has 3 nitrogen and oxygen atoms in total. The molecular weight excluding hydrogens is 226 g/mol. The highest BCUT2D eigenvalue weighted by Gasteiger charge is 2.13. The van der Waals surface area contributed by atoms with Gasteiger partial charge in [-0.25, -0.2) is 4.98 Å². The van der Waals surface area contributed by atoms with E-state index in [1.54, 1.807) is 25.3 Å². The van der Waals surface area contributed by atoms with E-state index in [2.05, 4.69) is 4.98 Å². The number of carbonyl (C=O) groups excluding carboxylic acids is 1. The van der Waals surface area contributed by atoms with E-state index in [0.717, 1.165) is 6.61 Å². The number of pyridine rings is 1. The topological polar surface area (TPSA) is 39.2 Å². The number of hydrogen-bond donors (Lipinski definition) is 0. The van der Waals surface area contributed by atoms with E-state index in [9.17, 15) is 4.79 Å². The third kappa shape index (κ3) is 3.83. The molecule has 3 heteroatoms. The van der Waals surface area contributed by atoms with Gasteiger partial charge >= 0.3 is 0 Å². The van der Waals surface area contributed by atoms with Crippen molar-refractivity contribution >= 4 is 5.78 Å². The van der Waals surface area contributed by atoms with E-state index in [1.807, 2.05) is 0 Å². The molecule has 1 aromatic rings. The molecule has 1 aliphatic rings. The molecule has 0 unspecified atom stereocenters.